The zero-order valence-corrected chi connectivity index (χ0v) is 16.4. The third-order valence-corrected chi connectivity index (χ3v) is 5.04. The first-order chi connectivity index (χ1) is 13.5. The van der Waals surface area contributed by atoms with Crippen molar-refractivity contribution >= 4 is 11.1 Å². The van der Waals surface area contributed by atoms with E-state index < -0.39 is 0 Å². The second kappa shape index (κ2) is 7.08. The molecular formula is C25H24O3. The third kappa shape index (κ3) is 3.36. The van der Waals surface area contributed by atoms with Crippen molar-refractivity contribution in [1.29, 1.82) is 0 Å². The second-order valence-electron chi connectivity index (χ2n) is 7.64. The Bertz CT molecular complexity index is 1030. The molecule has 28 heavy (non-hydrogen) atoms. The molecule has 0 spiro atoms. The molecule has 1 aliphatic heterocycles. The SMILES string of the molecule is COc1ccc2c(c1)OC(C)(C)C/C2=C(\c1ccccc1)c1ccccc1O. The predicted molar refractivity (Wildman–Crippen MR) is 113 cm³/mol. The van der Waals surface area contributed by atoms with Gasteiger partial charge in [0.05, 0.1) is 7.11 Å². The van der Waals surface area contributed by atoms with Crippen LogP contribution < -0.4 is 9.47 Å². The lowest BCUT2D eigenvalue weighted by molar-refractivity contribution is 0.107. The number of benzene rings is 3. The third-order valence-electron chi connectivity index (χ3n) is 5.04. The molecule has 0 aliphatic carbocycles. The summed E-state index contributed by atoms with van der Waals surface area (Å²) in [6.07, 6.45) is 0.727. The van der Waals surface area contributed by atoms with Gasteiger partial charge in [-0.3, -0.25) is 0 Å². The molecular weight excluding hydrogens is 348 g/mol. The zero-order chi connectivity index (χ0) is 19.7. The van der Waals surface area contributed by atoms with Crippen LogP contribution in [-0.2, 0) is 0 Å². The Labute approximate surface area is 165 Å². The van der Waals surface area contributed by atoms with Crippen molar-refractivity contribution in [2.24, 2.45) is 0 Å². The van der Waals surface area contributed by atoms with Crippen molar-refractivity contribution in [1.82, 2.24) is 0 Å². The largest absolute Gasteiger partial charge is 0.507 e. The second-order valence-corrected chi connectivity index (χ2v) is 7.64. The fourth-order valence-corrected chi connectivity index (χ4v) is 3.82. The first-order valence-electron chi connectivity index (χ1n) is 9.43. The van der Waals surface area contributed by atoms with E-state index in [9.17, 15) is 5.11 Å². The molecule has 1 N–H and O–H groups in total. The fourth-order valence-electron chi connectivity index (χ4n) is 3.82. The number of ether oxygens (including phenoxy) is 2. The van der Waals surface area contributed by atoms with Gasteiger partial charge < -0.3 is 14.6 Å². The number of hydrogen-bond acceptors (Lipinski definition) is 3. The summed E-state index contributed by atoms with van der Waals surface area (Å²) in [6, 6.07) is 23.7. The van der Waals surface area contributed by atoms with Crippen LogP contribution in [0.5, 0.6) is 17.2 Å². The van der Waals surface area contributed by atoms with Gasteiger partial charge in [0.25, 0.3) is 0 Å². The van der Waals surface area contributed by atoms with E-state index in [4.69, 9.17) is 9.47 Å². The number of hydrogen-bond donors (Lipinski definition) is 1. The van der Waals surface area contributed by atoms with Crippen LogP contribution in [0, 0.1) is 0 Å². The van der Waals surface area contributed by atoms with E-state index in [1.165, 1.54) is 0 Å². The summed E-state index contributed by atoms with van der Waals surface area (Å²) in [6.45, 7) is 4.17. The van der Waals surface area contributed by atoms with Crippen LogP contribution in [0.2, 0.25) is 0 Å². The van der Waals surface area contributed by atoms with Gasteiger partial charge in [-0.25, -0.2) is 0 Å². The first kappa shape index (κ1) is 18.2. The molecule has 0 aromatic heterocycles. The Morgan fingerprint density at radius 2 is 1.68 bits per heavy atom. The summed E-state index contributed by atoms with van der Waals surface area (Å²) < 4.78 is 11.7. The lowest BCUT2D eigenvalue weighted by atomic mass is 9.81. The lowest BCUT2D eigenvalue weighted by Gasteiger charge is -2.36. The molecule has 0 unspecified atom stereocenters. The average Bonchev–Trinajstić information content (AvgIpc) is 2.69. The molecule has 4 rings (SSSR count). The molecule has 3 aromatic rings. The molecule has 0 saturated carbocycles. The quantitative estimate of drug-likeness (QED) is 0.620. The molecule has 142 valence electrons. The lowest BCUT2D eigenvalue weighted by Crippen LogP contribution is -2.32. The Morgan fingerprint density at radius 1 is 0.964 bits per heavy atom. The minimum absolute atomic E-state index is 0.271. The molecule has 0 saturated heterocycles. The highest BCUT2D eigenvalue weighted by Gasteiger charge is 2.33. The fraction of sp³-hybridized carbons (Fsp3) is 0.200. The van der Waals surface area contributed by atoms with Gasteiger partial charge in [0.1, 0.15) is 22.8 Å². The number of para-hydroxylation sites is 1. The topological polar surface area (TPSA) is 38.7 Å². The summed E-state index contributed by atoms with van der Waals surface area (Å²) in [4.78, 5) is 0. The first-order valence-corrected chi connectivity index (χ1v) is 9.43. The van der Waals surface area contributed by atoms with Gasteiger partial charge in [0.2, 0.25) is 0 Å². The van der Waals surface area contributed by atoms with Gasteiger partial charge in [0.15, 0.2) is 0 Å². The molecule has 0 bridgehead atoms. The van der Waals surface area contributed by atoms with Crippen LogP contribution >= 0.6 is 0 Å². The van der Waals surface area contributed by atoms with Gasteiger partial charge in [-0.05, 0) is 48.8 Å². The summed E-state index contributed by atoms with van der Waals surface area (Å²) in [5.74, 6) is 1.84. The smallest absolute Gasteiger partial charge is 0.131 e. The molecule has 3 nitrogen and oxygen atoms in total. The van der Waals surface area contributed by atoms with E-state index in [1.54, 1.807) is 13.2 Å². The standard InChI is InChI=1S/C25H24O3/c1-25(2)16-21(19-14-13-18(27-3)15-23(19)28-25)24(17-9-5-4-6-10-17)20-11-7-8-12-22(20)26/h4-15,26H,16H2,1-3H3/b24-21-. The van der Waals surface area contributed by atoms with E-state index >= 15 is 0 Å². The maximum absolute atomic E-state index is 10.6. The van der Waals surface area contributed by atoms with Gasteiger partial charge in [0, 0.05) is 23.6 Å². The van der Waals surface area contributed by atoms with E-state index in [0.29, 0.717) is 0 Å². The Kier molecular flexibility index (Phi) is 4.60. The zero-order valence-electron chi connectivity index (χ0n) is 16.4. The van der Waals surface area contributed by atoms with Crippen molar-refractivity contribution < 1.29 is 14.6 Å². The predicted octanol–water partition coefficient (Wildman–Crippen LogP) is 5.92. The molecule has 3 heteroatoms. The van der Waals surface area contributed by atoms with Crippen LogP contribution in [0.15, 0.2) is 72.8 Å². The van der Waals surface area contributed by atoms with Crippen molar-refractivity contribution in [3.05, 3.63) is 89.5 Å². The van der Waals surface area contributed by atoms with Crippen molar-refractivity contribution in [3.8, 4) is 17.2 Å². The Hall–Kier alpha value is -3.20. The highest BCUT2D eigenvalue weighted by molar-refractivity contribution is 6.01. The molecule has 3 aromatic carbocycles. The number of fused-ring (bicyclic) bond motifs is 1. The van der Waals surface area contributed by atoms with Crippen LogP contribution in [0.1, 0.15) is 37.0 Å². The summed E-state index contributed by atoms with van der Waals surface area (Å²) in [5, 5.41) is 10.6. The molecule has 0 fully saturated rings. The molecule has 0 amide bonds. The summed E-state index contributed by atoms with van der Waals surface area (Å²) in [7, 11) is 1.66. The number of methoxy groups -OCH3 is 1. The summed E-state index contributed by atoms with van der Waals surface area (Å²) >= 11 is 0. The molecule has 1 aliphatic rings. The number of phenolic OH excluding ortho intramolecular Hbond substituents is 1. The van der Waals surface area contributed by atoms with E-state index in [2.05, 4.69) is 26.0 Å². The van der Waals surface area contributed by atoms with Gasteiger partial charge >= 0.3 is 0 Å². The highest BCUT2D eigenvalue weighted by Crippen LogP contribution is 2.47. The summed E-state index contributed by atoms with van der Waals surface area (Å²) in [5.41, 5.74) is 4.73. The van der Waals surface area contributed by atoms with E-state index in [0.717, 1.165) is 45.8 Å². The maximum Gasteiger partial charge on any atom is 0.131 e. The van der Waals surface area contributed by atoms with E-state index in [1.807, 2.05) is 54.6 Å². The minimum Gasteiger partial charge on any atom is -0.507 e. The normalized spacial score (nSPS) is 16.7. The Morgan fingerprint density at radius 3 is 2.39 bits per heavy atom. The van der Waals surface area contributed by atoms with E-state index in [-0.39, 0.29) is 11.4 Å². The van der Waals surface area contributed by atoms with Crippen molar-refractivity contribution in [3.63, 3.8) is 0 Å². The van der Waals surface area contributed by atoms with Gasteiger partial charge in [-0.1, -0.05) is 48.5 Å². The maximum atomic E-state index is 10.6. The van der Waals surface area contributed by atoms with Crippen LogP contribution in [0.25, 0.3) is 11.1 Å². The van der Waals surface area contributed by atoms with Gasteiger partial charge in [-0.2, -0.15) is 0 Å². The number of phenols is 1. The van der Waals surface area contributed by atoms with Crippen LogP contribution in [0.4, 0.5) is 0 Å². The number of aromatic hydroxyl groups is 1. The van der Waals surface area contributed by atoms with Crippen LogP contribution in [-0.4, -0.2) is 17.8 Å². The molecule has 1 heterocycles. The van der Waals surface area contributed by atoms with Crippen LogP contribution in [0.3, 0.4) is 0 Å². The molecule has 0 atom stereocenters. The Balaban J connectivity index is 2.05. The van der Waals surface area contributed by atoms with Crippen molar-refractivity contribution in [2.45, 2.75) is 25.9 Å². The monoisotopic (exact) mass is 372 g/mol. The highest BCUT2D eigenvalue weighted by atomic mass is 16.5. The average molecular weight is 372 g/mol. The van der Waals surface area contributed by atoms with Gasteiger partial charge in [-0.15, -0.1) is 0 Å². The minimum atomic E-state index is -0.376. The number of rotatable bonds is 3. The van der Waals surface area contributed by atoms with Crippen molar-refractivity contribution in [2.75, 3.05) is 7.11 Å². The molecule has 0 radical (unpaired) electrons.